The summed E-state index contributed by atoms with van der Waals surface area (Å²) < 4.78 is 5.47. The Morgan fingerprint density at radius 2 is 2.13 bits per heavy atom. The molecule has 0 aliphatic carbocycles. The molecule has 1 aliphatic rings. The summed E-state index contributed by atoms with van der Waals surface area (Å²) in [5, 5.41) is 2.76. The van der Waals surface area contributed by atoms with E-state index < -0.39 is 0 Å². The van der Waals surface area contributed by atoms with Crippen molar-refractivity contribution in [2.45, 2.75) is 25.8 Å². The molecular formula is C17H25N3O3. The van der Waals surface area contributed by atoms with Gasteiger partial charge in [0.15, 0.2) is 0 Å². The molecular weight excluding hydrogens is 294 g/mol. The average Bonchev–Trinajstić information content (AvgIpc) is 2.95. The van der Waals surface area contributed by atoms with Crippen LogP contribution in [-0.2, 0) is 9.59 Å². The van der Waals surface area contributed by atoms with Gasteiger partial charge in [0, 0.05) is 19.6 Å². The van der Waals surface area contributed by atoms with Crippen molar-refractivity contribution in [3.63, 3.8) is 0 Å². The van der Waals surface area contributed by atoms with Gasteiger partial charge in [-0.15, -0.1) is 0 Å². The number of benzene rings is 1. The van der Waals surface area contributed by atoms with Crippen LogP contribution in [0, 0.1) is 0 Å². The molecule has 1 aromatic carbocycles. The Bertz CT molecular complexity index is 562. The summed E-state index contributed by atoms with van der Waals surface area (Å²) in [5.74, 6) is 0.138. The Labute approximate surface area is 137 Å². The minimum atomic E-state index is -0.319. The molecule has 126 valence electrons. The van der Waals surface area contributed by atoms with E-state index in [1.54, 1.807) is 24.1 Å². The first kappa shape index (κ1) is 17.3. The van der Waals surface area contributed by atoms with Crippen LogP contribution in [-0.4, -0.2) is 61.4 Å². The molecule has 6 heteroatoms. The Morgan fingerprint density at radius 1 is 1.39 bits per heavy atom. The molecule has 1 N–H and O–H groups in total. The monoisotopic (exact) mass is 319 g/mol. The first-order valence-corrected chi connectivity index (χ1v) is 7.97. The minimum absolute atomic E-state index is 0.156. The maximum atomic E-state index is 12.3. The van der Waals surface area contributed by atoms with Gasteiger partial charge in [0.2, 0.25) is 11.8 Å². The molecule has 1 atom stereocenters. The SMILES string of the molecule is CCOc1ccccc1NC(=O)CC(=O)N(C)C1CCN(C)C1. The van der Waals surface area contributed by atoms with Crippen LogP contribution in [0.4, 0.5) is 5.69 Å². The van der Waals surface area contributed by atoms with Crippen LogP contribution in [0.25, 0.3) is 0 Å². The second kappa shape index (κ2) is 7.97. The molecule has 2 rings (SSSR count). The van der Waals surface area contributed by atoms with Crippen molar-refractivity contribution in [2.24, 2.45) is 0 Å². The lowest BCUT2D eigenvalue weighted by Crippen LogP contribution is -2.40. The predicted octanol–water partition coefficient (Wildman–Crippen LogP) is 1.58. The standard InChI is InChI=1S/C17H25N3O3/c1-4-23-15-8-6-5-7-14(15)18-16(21)11-17(22)20(3)13-9-10-19(2)12-13/h5-8,13H,4,9-12H2,1-3H3,(H,18,21). The van der Waals surface area contributed by atoms with E-state index in [0.717, 1.165) is 19.5 Å². The smallest absolute Gasteiger partial charge is 0.233 e. The molecule has 23 heavy (non-hydrogen) atoms. The summed E-state index contributed by atoms with van der Waals surface area (Å²) >= 11 is 0. The molecule has 1 heterocycles. The lowest BCUT2D eigenvalue weighted by molar-refractivity contribution is -0.135. The van der Waals surface area contributed by atoms with Gasteiger partial charge < -0.3 is 19.9 Å². The van der Waals surface area contributed by atoms with E-state index in [1.807, 2.05) is 26.1 Å². The number of rotatable bonds is 6. The average molecular weight is 319 g/mol. The third-order valence-electron chi connectivity index (χ3n) is 4.08. The number of hydrogen-bond donors (Lipinski definition) is 1. The highest BCUT2D eigenvalue weighted by atomic mass is 16.5. The first-order valence-electron chi connectivity index (χ1n) is 7.97. The number of anilines is 1. The summed E-state index contributed by atoms with van der Waals surface area (Å²) in [7, 11) is 3.81. The third kappa shape index (κ3) is 4.69. The van der Waals surface area contributed by atoms with Crippen LogP contribution in [0.15, 0.2) is 24.3 Å². The summed E-state index contributed by atoms with van der Waals surface area (Å²) in [6, 6.07) is 7.41. The molecule has 0 bridgehead atoms. The Kier molecular flexibility index (Phi) is 5.98. The van der Waals surface area contributed by atoms with Gasteiger partial charge in [-0.2, -0.15) is 0 Å². The van der Waals surface area contributed by atoms with Crippen LogP contribution < -0.4 is 10.1 Å². The number of amides is 2. The number of nitrogens with one attached hydrogen (secondary N) is 1. The van der Waals surface area contributed by atoms with Crippen molar-refractivity contribution < 1.29 is 14.3 Å². The van der Waals surface area contributed by atoms with Gasteiger partial charge >= 0.3 is 0 Å². The van der Waals surface area contributed by atoms with Crippen molar-refractivity contribution in [3.05, 3.63) is 24.3 Å². The highest BCUT2D eigenvalue weighted by Gasteiger charge is 2.27. The topological polar surface area (TPSA) is 61.9 Å². The molecule has 2 amide bonds. The van der Waals surface area contributed by atoms with E-state index in [2.05, 4.69) is 10.2 Å². The largest absolute Gasteiger partial charge is 0.492 e. The molecule has 0 saturated carbocycles. The molecule has 1 aromatic rings. The van der Waals surface area contributed by atoms with Gasteiger partial charge in [0.1, 0.15) is 12.2 Å². The van der Waals surface area contributed by atoms with Gasteiger partial charge in [-0.05, 0) is 39.1 Å². The van der Waals surface area contributed by atoms with E-state index in [-0.39, 0.29) is 24.3 Å². The van der Waals surface area contributed by atoms with Gasteiger partial charge in [-0.25, -0.2) is 0 Å². The molecule has 1 saturated heterocycles. The Hall–Kier alpha value is -2.08. The Balaban J connectivity index is 1.90. The van der Waals surface area contributed by atoms with Gasteiger partial charge in [-0.1, -0.05) is 12.1 Å². The number of carbonyl (C=O) groups is 2. The van der Waals surface area contributed by atoms with Crippen LogP contribution in [0.2, 0.25) is 0 Å². The number of ether oxygens (including phenoxy) is 1. The minimum Gasteiger partial charge on any atom is -0.492 e. The zero-order valence-corrected chi connectivity index (χ0v) is 14.0. The second-order valence-corrected chi connectivity index (χ2v) is 5.86. The molecule has 6 nitrogen and oxygen atoms in total. The highest BCUT2D eigenvalue weighted by Crippen LogP contribution is 2.24. The lowest BCUT2D eigenvalue weighted by Gasteiger charge is -2.24. The van der Waals surface area contributed by atoms with Crippen molar-refractivity contribution >= 4 is 17.5 Å². The number of para-hydroxylation sites is 2. The fraction of sp³-hybridized carbons (Fsp3) is 0.529. The van der Waals surface area contributed by atoms with Crippen molar-refractivity contribution in [3.8, 4) is 5.75 Å². The summed E-state index contributed by atoms with van der Waals surface area (Å²) in [6.45, 7) is 4.24. The van der Waals surface area contributed by atoms with E-state index in [0.29, 0.717) is 18.0 Å². The summed E-state index contributed by atoms with van der Waals surface area (Å²) in [4.78, 5) is 28.3. The second-order valence-electron chi connectivity index (χ2n) is 5.86. The van der Waals surface area contributed by atoms with Crippen molar-refractivity contribution in [1.29, 1.82) is 0 Å². The molecule has 0 radical (unpaired) electrons. The van der Waals surface area contributed by atoms with Crippen LogP contribution in [0.3, 0.4) is 0 Å². The molecule has 1 fully saturated rings. The third-order valence-corrected chi connectivity index (χ3v) is 4.08. The number of hydrogen-bond acceptors (Lipinski definition) is 4. The number of carbonyl (C=O) groups excluding carboxylic acids is 2. The van der Waals surface area contributed by atoms with Crippen molar-refractivity contribution in [2.75, 3.05) is 39.1 Å². The van der Waals surface area contributed by atoms with Crippen molar-refractivity contribution in [1.82, 2.24) is 9.80 Å². The van der Waals surface area contributed by atoms with Crippen LogP contribution in [0.1, 0.15) is 19.8 Å². The zero-order chi connectivity index (χ0) is 16.8. The maximum absolute atomic E-state index is 12.3. The lowest BCUT2D eigenvalue weighted by atomic mass is 10.2. The predicted molar refractivity (Wildman–Crippen MR) is 89.5 cm³/mol. The molecule has 0 spiro atoms. The van der Waals surface area contributed by atoms with Crippen LogP contribution >= 0.6 is 0 Å². The number of likely N-dealkylation sites (N-methyl/N-ethyl adjacent to an activating group) is 2. The summed E-state index contributed by atoms with van der Waals surface area (Å²) in [5.41, 5.74) is 0.593. The highest BCUT2D eigenvalue weighted by molar-refractivity contribution is 6.04. The van der Waals surface area contributed by atoms with Gasteiger partial charge in [0.25, 0.3) is 0 Å². The van der Waals surface area contributed by atoms with E-state index in [9.17, 15) is 9.59 Å². The fourth-order valence-electron chi connectivity index (χ4n) is 2.74. The number of nitrogens with zero attached hydrogens (tertiary/aromatic N) is 2. The fourth-order valence-corrected chi connectivity index (χ4v) is 2.74. The molecule has 1 unspecified atom stereocenters. The normalized spacial score (nSPS) is 17.8. The molecule has 1 aliphatic heterocycles. The molecule has 0 aromatic heterocycles. The first-order chi connectivity index (χ1) is 11.0. The summed E-state index contributed by atoms with van der Waals surface area (Å²) in [6.07, 6.45) is 0.796. The quantitative estimate of drug-likeness (QED) is 0.809. The van der Waals surface area contributed by atoms with E-state index in [4.69, 9.17) is 4.74 Å². The van der Waals surface area contributed by atoms with E-state index >= 15 is 0 Å². The van der Waals surface area contributed by atoms with E-state index in [1.165, 1.54) is 0 Å². The number of likely N-dealkylation sites (tertiary alicyclic amines) is 1. The van der Waals surface area contributed by atoms with Crippen LogP contribution in [0.5, 0.6) is 5.75 Å². The van der Waals surface area contributed by atoms with Gasteiger partial charge in [0.05, 0.1) is 12.3 Å². The maximum Gasteiger partial charge on any atom is 0.233 e. The van der Waals surface area contributed by atoms with Gasteiger partial charge in [-0.3, -0.25) is 9.59 Å². The zero-order valence-electron chi connectivity index (χ0n) is 14.0. The Morgan fingerprint density at radius 3 is 2.78 bits per heavy atom.